The van der Waals surface area contributed by atoms with Gasteiger partial charge in [-0.1, -0.05) is 5.16 Å². The summed E-state index contributed by atoms with van der Waals surface area (Å²) < 4.78 is 44.2. The van der Waals surface area contributed by atoms with Crippen molar-refractivity contribution in [3.63, 3.8) is 0 Å². The number of benzene rings is 1. The van der Waals surface area contributed by atoms with Crippen molar-refractivity contribution in [2.24, 2.45) is 10.9 Å². The van der Waals surface area contributed by atoms with Crippen LogP contribution in [-0.4, -0.2) is 36.8 Å². The van der Waals surface area contributed by atoms with E-state index in [1.54, 1.807) is 0 Å². The van der Waals surface area contributed by atoms with Gasteiger partial charge in [-0.15, -0.1) is 0 Å². The van der Waals surface area contributed by atoms with Gasteiger partial charge in [0.05, 0.1) is 18.8 Å². The van der Waals surface area contributed by atoms with E-state index in [1.165, 1.54) is 12.1 Å². The predicted octanol–water partition coefficient (Wildman–Crippen LogP) is 2.03. The number of anilines is 1. The molecule has 3 N–H and O–H groups in total. The first-order valence-corrected chi connectivity index (χ1v) is 6.38. The van der Waals surface area contributed by atoms with Crippen molar-refractivity contribution in [2.45, 2.75) is 19.1 Å². The van der Waals surface area contributed by atoms with E-state index in [0.29, 0.717) is 25.4 Å². The van der Waals surface area contributed by atoms with Crippen LogP contribution < -0.4 is 10.6 Å². The standard InChI is InChI=1S/C13H16F3N3O2/c1-8-7-21-5-4-19(8)9-2-3-11(13(14,15)16)10(6-9)12(17)18-20/h2-3,6,8,20H,4-5,7H2,1H3,(H2,17,18). The SMILES string of the molecule is CC1COCCN1c1ccc(C(F)(F)F)c(/C(N)=N/O)c1. The average Bonchev–Trinajstić information content (AvgIpc) is 2.45. The number of hydrogen-bond donors (Lipinski definition) is 2. The van der Waals surface area contributed by atoms with Crippen LogP contribution in [0, 0.1) is 0 Å². The van der Waals surface area contributed by atoms with Gasteiger partial charge in [0.1, 0.15) is 0 Å². The molecule has 1 aliphatic heterocycles. The van der Waals surface area contributed by atoms with E-state index in [9.17, 15) is 13.2 Å². The second-order valence-electron chi connectivity index (χ2n) is 4.83. The van der Waals surface area contributed by atoms with Gasteiger partial charge in [-0.2, -0.15) is 13.2 Å². The van der Waals surface area contributed by atoms with Gasteiger partial charge in [0.25, 0.3) is 0 Å². The molecule has 1 aliphatic rings. The number of hydrogen-bond acceptors (Lipinski definition) is 4. The van der Waals surface area contributed by atoms with Crippen LogP contribution in [0.3, 0.4) is 0 Å². The number of nitrogens with two attached hydrogens (primary N) is 1. The van der Waals surface area contributed by atoms with Crippen molar-refractivity contribution in [3.05, 3.63) is 29.3 Å². The molecule has 0 radical (unpaired) electrons. The van der Waals surface area contributed by atoms with Crippen molar-refractivity contribution in [1.82, 2.24) is 0 Å². The molecule has 1 unspecified atom stereocenters. The maximum absolute atomic E-state index is 13.0. The van der Waals surface area contributed by atoms with Gasteiger partial charge < -0.3 is 20.6 Å². The van der Waals surface area contributed by atoms with E-state index in [1.807, 2.05) is 11.8 Å². The third kappa shape index (κ3) is 3.21. The molecule has 1 aromatic carbocycles. The lowest BCUT2D eigenvalue weighted by molar-refractivity contribution is -0.137. The zero-order valence-corrected chi connectivity index (χ0v) is 11.4. The maximum atomic E-state index is 13.0. The molecule has 5 nitrogen and oxygen atoms in total. The number of rotatable bonds is 2. The van der Waals surface area contributed by atoms with E-state index in [4.69, 9.17) is 15.7 Å². The van der Waals surface area contributed by atoms with Crippen molar-refractivity contribution >= 4 is 11.5 Å². The first kappa shape index (κ1) is 15.4. The molecule has 116 valence electrons. The monoisotopic (exact) mass is 303 g/mol. The van der Waals surface area contributed by atoms with Crippen LogP contribution in [0.25, 0.3) is 0 Å². The highest BCUT2D eigenvalue weighted by atomic mass is 19.4. The number of halogens is 3. The maximum Gasteiger partial charge on any atom is 0.417 e. The zero-order chi connectivity index (χ0) is 15.6. The molecule has 0 saturated carbocycles. The minimum Gasteiger partial charge on any atom is -0.409 e. The highest BCUT2D eigenvalue weighted by Gasteiger charge is 2.35. The van der Waals surface area contributed by atoms with Crippen LogP contribution in [0.4, 0.5) is 18.9 Å². The van der Waals surface area contributed by atoms with Gasteiger partial charge in [0.15, 0.2) is 5.84 Å². The van der Waals surface area contributed by atoms with Crippen LogP contribution in [0.1, 0.15) is 18.1 Å². The number of oxime groups is 1. The minimum absolute atomic E-state index is 0.0376. The summed E-state index contributed by atoms with van der Waals surface area (Å²) in [5, 5.41) is 11.4. The van der Waals surface area contributed by atoms with Crippen LogP contribution >= 0.6 is 0 Å². The van der Waals surface area contributed by atoms with Gasteiger partial charge in [-0.25, -0.2) is 0 Å². The normalized spacial score (nSPS) is 20.7. The fourth-order valence-corrected chi connectivity index (χ4v) is 2.33. The van der Waals surface area contributed by atoms with Crippen molar-refractivity contribution in [2.75, 3.05) is 24.7 Å². The zero-order valence-electron chi connectivity index (χ0n) is 11.4. The number of morpholine rings is 1. The molecule has 0 aromatic heterocycles. The van der Waals surface area contributed by atoms with Crippen molar-refractivity contribution in [3.8, 4) is 0 Å². The fourth-order valence-electron chi connectivity index (χ4n) is 2.33. The van der Waals surface area contributed by atoms with Crippen LogP contribution in [-0.2, 0) is 10.9 Å². The predicted molar refractivity (Wildman–Crippen MR) is 71.6 cm³/mol. The molecule has 8 heteroatoms. The van der Waals surface area contributed by atoms with E-state index < -0.39 is 17.6 Å². The summed E-state index contributed by atoms with van der Waals surface area (Å²) in [6, 6.07) is 3.67. The van der Waals surface area contributed by atoms with Crippen LogP contribution in [0.5, 0.6) is 0 Å². The van der Waals surface area contributed by atoms with E-state index in [2.05, 4.69) is 5.16 Å². The average molecular weight is 303 g/mol. The molecular weight excluding hydrogens is 287 g/mol. The Bertz CT molecular complexity index is 546. The molecule has 0 bridgehead atoms. The molecule has 1 fully saturated rings. The summed E-state index contributed by atoms with van der Waals surface area (Å²) >= 11 is 0. The second kappa shape index (κ2) is 5.80. The third-order valence-corrected chi connectivity index (χ3v) is 3.39. The molecule has 1 saturated heterocycles. The lowest BCUT2D eigenvalue weighted by atomic mass is 10.0. The smallest absolute Gasteiger partial charge is 0.409 e. The lowest BCUT2D eigenvalue weighted by Crippen LogP contribution is -2.43. The third-order valence-electron chi connectivity index (χ3n) is 3.39. The molecule has 1 atom stereocenters. The van der Waals surface area contributed by atoms with Gasteiger partial charge >= 0.3 is 6.18 Å². The van der Waals surface area contributed by atoms with E-state index >= 15 is 0 Å². The topological polar surface area (TPSA) is 71.1 Å². The first-order valence-electron chi connectivity index (χ1n) is 6.38. The summed E-state index contributed by atoms with van der Waals surface area (Å²) in [5.41, 5.74) is 4.70. The summed E-state index contributed by atoms with van der Waals surface area (Å²) in [4.78, 5) is 1.93. The molecule has 21 heavy (non-hydrogen) atoms. The van der Waals surface area contributed by atoms with Crippen molar-refractivity contribution < 1.29 is 23.1 Å². The van der Waals surface area contributed by atoms with Gasteiger partial charge in [0.2, 0.25) is 0 Å². The van der Waals surface area contributed by atoms with Crippen LogP contribution in [0.2, 0.25) is 0 Å². The Hall–Kier alpha value is -1.96. The molecule has 0 spiro atoms. The number of nitrogens with zero attached hydrogens (tertiary/aromatic N) is 2. The highest BCUT2D eigenvalue weighted by molar-refractivity contribution is 5.99. The Morgan fingerprint density at radius 3 is 2.76 bits per heavy atom. The Balaban J connectivity index is 2.46. The molecule has 2 rings (SSSR count). The molecule has 0 amide bonds. The lowest BCUT2D eigenvalue weighted by Gasteiger charge is -2.35. The second-order valence-corrected chi connectivity index (χ2v) is 4.83. The summed E-state index contributed by atoms with van der Waals surface area (Å²) in [5.74, 6) is -0.565. The number of ether oxygens (including phenoxy) is 1. The Morgan fingerprint density at radius 1 is 1.48 bits per heavy atom. The highest BCUT2D eigenvalue weighted by Crippen LogP contribution is 2.34. The van der Waals surface area contributed by atoms with Gasteiger partial charge in [-0.05, 0) is 25.1 Å². The van der Waals surface area contributed by atoms with Gasteiger partial charge in [0, 0.05) is 23.8 Å². The summed E-state index contributed by atoms with van der Waals surface area (Å²) in [6.07, 6.45) is -4.57. The fraction of sp³-hybridized carbons (Fsp3) is 0.462. The van der Waals surface area contributed by atoms with E-state index in [-0.39, 0.29) is 11.6 Å². The number of alkyl halides is 3. The van der Waals surface area contributed by atoms with E-state index in [0.717, 1.165) is 6.07 Å². The first-order chi connectivity index (χ1) is 9.84. The largest absolute Gasteiger partial charge is 0.417 e. The molecule has 0 aliphatic carbocycles. The van der Waals surface area contributed by atoms with Crippen molar-refractivity contribution in [1.29, 1.82) is 0 Å². The minimum atomic E-state index is -4.57. The molecule has 1 heterocycles. The Labute approximate surface area is 119 Å². The number of amidine groups is 1. The molecule has 1 aromatic rings. The summed E-state index contributed by atoms with van der Waals surface area (Å²) in [6.45, 7) is 3.49. The molecular formula is C13H16F3N3O2. The van der Waals surface area contributed by atoms with Gasteiger partial charge in [-0.3, -0.25) is 0 Å². The Kier molecular flexibility index (Phi) is 4.26. The quantitative estimate of drug-likeness (QED) is 0.379. The summed E-state index contributed by atoms with van der Waals surface area (Å²) in [7, 11) is 0. The Morgan fingerprint density at radius 2 is 2.19 bits per heavy atom. The van der Waals surface area contributed by atoms with Crippen LogP contribution in [0.15, 0.2) is 23.4 Å².